The Balaban J connectivity index is 0.00000338. The fourth-order valence-electron chi connectivity index (χ4n) is 2.32. The molecule has 2 aromatic rings. The molecule has 144 valence electrons. The van der Waals surface area contributed by atoms with Crippen molar-refractivity contribution in [2.24, 2.45) is 4.99 Å². The van der Waals surface area contributed by atoms with E-state index in [9.17, 15) is 4.39 Å². The third-order valence-electron chi connectivity index (χ3n) is 3.56. The number of hydrogen-bond donors (Lipinski definition) is 2. The maximum Gasteiger partial charge on any atom is 0.190 e. The Morgan fingerprint density at radius 1 is 1.19 bits per heavy atom. The highest BCUT2D eigenvalue weighted by Gasteiger charge is 2.05. The molecule has 0 bridgehead atoms. The molecule has 2 N–H and O–H groups in total. The number of rotatable bonds is 8. The Bertz CT molecular complexity index is 689. The number of nitrogens with one attached hydrogen (secondary N) is 2. The molecule has 0 saturated carbocycles. The van der Waals surface area contributed by atoms with E-state index < -0.39 is 0 Å². The number of thioether (sulfide) groups is 1. The number of hydrogen-bond acceptors (Lipinski definition) is 4. The highest BCUT2D eigenvalue weighted by Crippen LogP contribution is 2.18. The Kier molecular flexibility index (Phi) is 11.1. The standard InChI is InChI=1S/C18H25FN4S2.HI/c1-13-17(25-14(2)23-13)9-11-22-18(20-3)21-10-4-12-24-16-7-5-15(19)6-8-16;/h5-8H,4,9-12H2,1-3H3,(H2,20,21,22);1H. The van der Waals surface area contributed by atoms with Gasteiger partial charge in [0.1, 0.15) is 5.82 Å². The molecule has 4 nitrogen and oxygen atoms in total. The third-order valence-corrected chi connectivity index (χ3v) is 5.79. The van der Waals surface area contributed by atoms with Crippen LogP contribution in [0.4, 0.5) is 4.39 Å². The van der Waals surface area contributed by atoms with E-state index in [0.29, 0.717) is 0 Å². The van der Waals surface area contributed by atoms with E-state index in [0.717, 1.165) is 53.2 Å². The van der Waals surface area contributed by atoms with Crippen LogP contribution < -0.4 is 10.6 Å². The maximum atomic E-state index is 12.8. The van der Waals surface area contributed by atoms with Gasteiger partial charge in [0.15, 0.2) is 5.96 Å². The van der Waals surface area contributed by atoms with Crippen molar-refractivity contribution in [2.45, 2.75) is 31.6 Å². The van der Waals surface area contributed by atoms with Crippen molar-refractivity contribution < 1.29 is 4.39 Å². The topological polar surface area (TPSA) is 49.3 Å². The number of aliphatic imine (C=N–C) groups is 1. The minimum absolute atomic E-state index is 0. The van der Waals surface area contributed by atoms with Crippen molar-refractivity contribution in [3.63, 3.8) is 0 Å². The summed E-state index contributed by atoms with van der Waals surface area (Å²) in [6, 6.07) is 6.63. The van der Waals surface area contributed by atoms with E-state index in [1.165, 1.54) is 17.0 Å². The second kappa shape index (κ2) is 12.5. The Morgan fingerprint density at radius 2 is 1.88 bits per heavy atom. The predicted molar refractivity (Wildman–Crippen MR) is 122 cm³/mol. The highest BCUT2D eigenvalue weighted by atomic mass is 127. The Hall–Kier alpha value is -0.870. The Morgan fingerprint density at radius 3 is 2.50 bits per heavy atom. The lowest BCUT2D eigenvalue weighted by atomic mass is 10.3. The average Bonchev–Trinajstić information content (AvgIpc) is 2.92. The van der Waals surface area contributed by atoms with Crippen LogP contribution in [-0.2, 0) is 6.42 Å². The van der Waals surface area contributed by atoms with Crippen LogP contribution in [0.3, 0.4) is 0 Å². The largest absolute Gasteiger partial charge is 0.356 e. The summed E-state index contributed by atoms with van der Waals surface area (Å²) in [5.74, 6) is 1.62. The summed E-state index contributed by atoms with van der Waals surface area (Å²) in [7, 11) is 1.78. The van der Waals surface area contributed by atoms with Crippen molar-refractivity contribution in [1.82, 2.24) is 15.6 Å². The first-order chi connectivity index (χ1) is 12.1. The molecular formula is C18H26FIN4S2. The molecular weight excluding hydrogens is 482 g/mol. The lowest BCUT2D eigenvalue weighted by Crippen LogP contribution is -2.38. The fourth-order valence-corrected chi connectivity index (χ4v) is 4.11. The first kappa shape index (κ1) is 23.2. The van der Waals surface area contributed by atoms with E-state index in [4.69, 9.17) is 0 Å². The van der Waals surface area contributed by atoms with Crippen molar-refractivity contribution >= 4 is 53.0 Å². The van der Waals surface area contributed by atoms with E-state index in [1.54, 1.807) is 30.1 Å². The van der Waals surface area contributed by atoms with Crippen molar-refractivity contribution in [1.29, 1.82) is 0 Å². The van der Waals surface area contributed by atoms with Crippen LogP contribution in [0.5, 0.6) is 0 Å². The summed E-state index contributed by atoms with van der Waals surface area (Å²) in [5.41, 5.74) is 1.13. The van der Waals surface area contributed by atoms with E-state index in [1.807, 2.05) is 19.1 Å². The molecule has 0 unspecified atom stereocenters. The summed E-state index contributed by atoms with van der Waals surface area (Å²) in [4.78, 5) is 11.1. The molecule has 0 aliphatic heterocycles. The zero-order valence-corrected chi connectivity index (χ0v) is 19.3. The first-order valence-corrected chi connectivity index (χ1v) is 10.1. The van der Waals surface area contributed by atoms with Gasteiger partial charge in [0.25, 0.3) is 0 Å². The molecule has 0 amide bonds. The van der Waals surface area contributed by atoms with Gasteiger partial charge >= 0.3 is 0 Å². The van der Waals surface area contributed by atoms with Crippen LogP contribution in [0.25, 0.3) is 0 Å². The molecule has 2 rings (SSSR count). The van der Waals surface area contributed by atoms with Crippen molar-refractivity contribution in [3.8, 4) is 0 Å². The van der Waals surface area contributed by atoms with Gasteiger partial charge in [-0.2, -0.15) is 0 Å². The van der Waals surface area contributed by atoms with Crippen LogP contribution in [0.15, 0.2) is 34.2 Å². The molecule has 0 fully saturated rings. The zero-order chi connectivity index (χ0) is 18.1. The molecule has 0 spiro atoms. The van der Waals surface area contributed by atoms with Crippen LogP contribution in [0, 0.1) is 19.7 Å². The van der Waals surface area contributed by atoms with Crippen molar-refractivity contribution in [3.05, 3.63) is 45.7 Å². The number of nitrogens with zero attached hydrogens (tertiary/aromatic N) is 2. The maximum absolute atomic E-state index is 12.8. The fraction of sp³-hybridized carbons (Fsp3) is 0.444. The monoisotopic (exact) mass is 508 g/mol. The number of halogens is 2. The van der Waals surface area contributed by atoms with E-state index >= 15 is 0 Å². The van der Waals surface area contributed by atoms with Gasteiger partial charge in [0.05, 0.1) is 10.7 Å². The quantitative estimate of drug-likeness (QED) is 0.183. The van der Waals surface area contributed by atoms with Gasteiger partial charge in [0, 0.05) is 36.3 Å². The van der Waals surface area contributed by atoms with Gasteiger partial charge in [-0.15, -0.1) is 47.1 Å². The lowest BCUT2D eigenvalue weighted by Gasteiger charge is -2.11. The van der Waals surface area contributed by atoms with E-state index in [2.05, 4.69) is 27.5 Å². The van der Waals surface area contributed by atoms with Crippen molar-refractivity contribution in [2.75, 3.05) is 25.9 Å². The smallest absolute Gasteiger partial charge is 0.190 e. The molecule has 1 heterocycles. The predicted octanol–water partition coefficient (Wildman–Crippen LogP) is 4.41. The second-order valence-corrected chi connectivity index (χ2v) is 8.03. The van der Waals surface area contributed by atoms with Gasteiger partial charge in [-0.1, -0.05) is 0 Å². The van der Waals surface area contributed by atoms with Crippen LogP contribution in [0.1, 0.15) is 22.0 Å². The molecule has 1 aromatic heterocycles. The highest BCUT2D eigenvalue weighted by molar-refractivity contribution is 14.0. The SMILES string of the molecule is CN=C(NCCCSc1ccc(F)cc1)NCCc1sc(C)nc1C.I. The van der Waals surface area contributed by atoms with Gasteiger partial charge in [-0.3, -0.25) is 4.99 Å². The molecule has 0 aliphatic rings. The molecule has 0 aliphatic carbocycles. The van der Waals surface area contributed by atoms with Gasteiger partial charge in [-0.05, 0) is 50.3 Å². The summed E-state index contributed by atoms with van der Waals surface area (Å²) in [6.45, 7) is 5.79. The number of guanidine groups is 1. The van der Waals surface area contributed by atoms with Gasteiger partial charge in [-0.25, -0.2) is 9.37 Å². The second-order valence-electron chi connectivity index (χ2n) is 5.57. The van der Waals surface area contributed by atoms with Crippen LogP contribution in [-0.4, -0.2) is 36.8 Å². The number of benzene rings is 1. The summed E-state index contributed by atoms with van der Waals surface area (Å²) in [6.07, 6.45) is 1.97. The lowest BCUT2D eigenvalue weighted by molar-refractivity contribution is 0.626. The van der Waals surface area contributed by atoms with Crippen LogP contribution >= 0.6 is 47.1 Å². The number of aromatic nitrogens is 1. The Labute approximate surface area is 180 Å². The average molecular weight is 508 g/mol. The zero-order valence-electron chi connectivity index (χ0n) is 15.3. The molecule has 1 aromatic carbocycles. The van der Waals surface area contributed by atoms with E-state index in [-0.39, 0.29) is 29.8 Å². The molecule has 8 heteroatoms. The molecule has 26 heavy (non-hydrogen) atoms. The molecule has 0 saturated heterocycles. The van der Waals surface area contributed by atoms with Gasteiger partial charge < -0.3 is 10.6 Å². The number of aryl methyl sites for hydroxylation is 2. The summed E-state index contributed by atoms with van der Waals surface area (Å²) >= 11 is 3.49. The summed E-state index contributed by atoms with van der Waals surface area (Å²) < 4.78 is 12.8. The minimum Gasteiger partial charge on any atom is -0.356 e. The normalized spacial score (nSPS) is 11.2. The third kappa shape index (κ3) is 8.22. The minimum atomic E-state index is -0.190. The number of thiazole rings is 1. The van der Waals surface area contributed by atoms with Gasteiger partial charge in [0.2, 0.25) is 0 Å². The first-order valence-electron chi connectivity index (χ1n) is 8.34. The van der Waals surface area contributed by atoms with Crippen LogP contribution in [0.2, 0.25) is 0 Å². The summed E-state index contributed by atoms with van der Waals surface area (Å²) in [5, 5.41) is 7.78. The molecule has 0 radical (unpaired) electrons. The molecule has 0 atom stereocenters.